The maximum atomic E-state index is 11.6. The van der Waals surface area contributed by atoms with E-state index in [1.807, 2.05) is 0 Å². The number of hydrogen-bond donors (Lipinski definition) is 0. The predicted octanol–water partition coefficient (Wildman–Crippen LogP) is 2.73. The molecule has 0 aliphatic rings. The summed E-state index contributed by atoms with van der Waals surface area (Å²) in [6.45, 7) is 2.54. The first-order chi connectivity index (χ1) is 3.25. The van der Waals surface area contributed by atoms with E-state index >= 15 is 0 Å². The van der Waals surface area contributed by atoms with Gasteiger partial charge in [-0.05, 0) is 0 Å². The Hall–Kier alpha value is 0.737. The monoisotopic (exact) mass is 254 g/mol. The van der Waals surface area contributed by atoms with Crippen LogP contribution >= 0.6 is 21.8 Å². The molecule has 0 radical (unpaired) electrons. The second-order valence-electron chi connectivity index (χ2n) is 1.97. The fourth-order valence-electron chi connectivity index (χ4n) is 0. The SMILES string of the molecule is C[Si](C)(I)C(F)(F)F. The molecular weight excluding hydrogens is 248 g/mol. The largest absolute Gasteiger partial charge is 0.371 e. The third-order valence-electron chi connectivity index (χ3n) is 0.674. The number of halogens is 4. The van der Waals surface area contributed by atoms with Gasteiger partial charge in [0.25, 0.3) is 0 Å². The smallest absolute Gasteiger partial charge is 0.176 e. The van der Waals surface area contributed by atoms with E-state index in [1.54, 1.807) is 0 Å². The molecule has 0 unspecified atom stereocenters. The van der Waals surface area contributed by atoms with Gasteiger partial charge < -0.3 is 0 Å². The van der Waals surface area contributed by atoms with Gasteiger partial charge in [-0.1, -0.05) is 13.1 Å². The predicted molar refractivity (Wildman–Crippen MR) is 37.6 cm³/mol. The molecule has 0 N–H and O–H groups in total. The molecule has 0 saturated heterocycles. The Kier molecular flexibility index (Phi) is 2.36. The highest BCUT2D eigenvalue weighted by Crippen LogP contribution is 2.32. The van der Waals surface area contributed by atoms with Gasteiger partial charge in [-0.3, -0.25) is 0 Å². The van der Waals surface area contributed by atoms with E-state index in [4.69, 9.17) is 0 Å². The van der Waals surface area contributed by atoms with Crippen LogP contribution in [-0.4, -0.2) is 11.4 Å². The summed E-state index contributed by atoms with van der Waals surface area (Å²) in [4.78, 5) is 0. The zero-order valence-corrected chi connectivity index (χ0v) is 7.67. The summed E-state index contributed by atoms with van der Waals surface area (Å²) in [5.41, 5.74) is -2.89. The first-order valence-corrected chi connectivity index (χ1v) is 8.12. The average Bonchev–Trinajstić information content (AvgIpc) is 1.25. The lowest BCUT2D eigenvalue weighted by atomic mass is 11.5. The fraction of sp³-hybridized carbons (Fsp3) is 1.00. The first kappa shape index (κ1) is 8.74. The van der Waals surface area contributed by atoms with Crippen LogP contribution in [0.1, 0.15) is 0 Å². The Morgan fingerprint density at radius 3 is 1.38 bits per heavy atom. The zero-order valence-electron chi connectivity index (χ0n) is 4.51. The van der Waals surface area contributed by atoms with Crippen molar-refractivity contribution in [1.82, 2.24) is 0 Å². The third kappa shape index (κ3) is 2.34. The minimum Gasteiger partial charge on any atom is -0.176 e. The molecule has 0 aliphatic heterocycles. The Labute approximate surface area is 59.7 Å². The number of alkyl halides is 3. The zero-order chi connectivity index (χ0) is 7.00. The van der Waals surface area contributed by atoms with Crippen molar-refractivity contribution in [3.05, 3.63) is 0 Å². The molecule has 0 saturated carbocycles. The van der Waals surface area contributed by atoms with Gasteiger partial charge in [0, 0.05) is 0 Å². The van der Waals surface area contributed by atoms with Crippen molar-refractivity contribution in [3.63, 3.8) is 0 Å². The van der Waals surface area contributed by atoms with E-state index in [0.29, 0.717) is 0 Å². The Morgan fingerprint density at radius 2 is 1.38 bits per heavy atom. The third-order valence-corrected chi connectivity index (χ3v) is 3.86. The standard InChI is InChI=1S/C3H6F3ISi/c1-8(2,7)3(4,5)6/h1-2H3. The summed E-state index contributed by atoms with van der Waals surface area (Å²) < 4.78 is 34.9. The summed E-state index contributed by atoms with van der Waals surface area (Å²) in [5, 5.41) is 0. The van der Waals surface area contributed by atoms with Crippen LogP contribution < -0.4 is 0 Å². The molecule has 0 atom stereocenters. The first-order valence-electron chi connectivity index (χ1n) is 2.01. The second-order valence-corrected chi connectivity index (χ2v) is 13.6. The van der Waals surface area contributed by atoms with Gasteiger partial charge in [0.05, 0.1) is 0 Å². The molecule has 0 rings (SSSR count). The van der Waals surface area contributed by atoms with E-state index in [2.05, 4.69) is 0 Å². The highest BCUT2D eigenvalue weighted by molar-refractivity contribution is 14.1. The van der Waals surface area contributed by atoms with E-state index in [0.717, 1.165) is 0 Å². The van der Waals surface area contributed by atoms with Gasteiger partial charge >= 0.3 is 5.80 Å². The van der Waals surface area contributed by atoms with Gasteiger partial charge in [-0.2, -0.15) is 13.2 Å². The minimum atomic E-state index is -3.94. The summed E-state index contributed by atoms with van der Waals surface area (Å²) in [6, 6.07) is 0. The van der Waals surface area contributed by atoms with E-state index in [9.17, 15) is 13.2 Å². The molecule has 0 aromatic carbocycles. The average molecular weight is 254 g/mol. The van der Waals surface area contributed by atoms with Crippen LogP contribution in [0.4, 0.5) is 13.2 Å². The maximum Gasteiger partial charge on any atom is 0.371 e. The lowest BCUT2D eigenvalue weighted by molar-refractivity contribution is -0.0514. The lowest BCUT2D eigenvalue weighted by Gasteiger charge is -2.16. The molecule has 5 heteroatoms. The van der Waals surface area contributed by atoms with Gasteiger partial charge in [0.2, 0.25) is 5.57 Å². The molecule has 0 bridgehead atoms. The minimum absolute atomic E-state index is 1.27. The molecule has 0 amide bonds. The van der Waals surface area contributed by atoms with Crippen LogP contribution in [-0.2, 0) is 0 Å². The summed E-state index contributed by atoms with van der Waals surface area (Å²) >= 11 is 1.50. The highest BCUT2D eigenvalue weighted by Gasteiger charge is 2.47. The Morgan fingerprint density at radius 1 is 1.25 bits per heavy atom. The van der Waals surface area contributed by atoms with Gasteiger partial charge in [-0.25, -0.2) is 0 Å². The summed E-state index contributed by atoms with van der Waals surface area (Å²) in [7, 11) is 0. The van der Waals surface area contributed by atoms with Crippen LogP contribution in [0.25, 0.3) is 0 Å². The Bertz CT molecular complexity index is 69.5. The molecule has 0 aromatic heterocycles. The molecule has 8 heavy (non-hydrogen) atoms. The molecule has 0 spiro atoms. The van der Waals surface area contributed by atoms with Crippen LogP contribution in [0.5, 0.6) is 0 Å². The second kappa shape index (κ2) is 2.16. The summed E-state index contributed by atoms with van der Waals surface area (Å²) in [5.74, 6) is -3.94. The molecule has 0 heterocycles. The van der Waals surface area contributed by atoms with Crippen LogP contribution in [0.2, 0.25) is 13.1 Å². The normalized spacial score (nSPS) is 14.2. The van der Waals surface area contributed by atoms with E-state index in [1.165, 1.54) is 34.9 Å². The van der Waals surface area contributed by atoms with Crippen molar-refractivity contribution in [2.24, 2.45) is 0 Å². The highest BCUT2D eigenvalue weighted by atomic mass is 127. The van der Waals surface area contributed by atoms with E-state index in [-0.39, 0.29) is 0 Å². The van der Waals surface area contributed by atoms with Crippen molar-refractivity contribution in [2.75, 3.05) is 0 Å². The van der Waals surface area contributed by atoms with E-state index < -0.39 is 11.4 Å². The van der Waals surface area contributed by atoms with Crippen molar-refractivity contribution in [1.29, 1.82) is 0 Å². The van der Waals surface area contributed by atoms with Crippen LogP contribution in [0, 0.1) is 0 Å². The molecule has 0 aromatic rings. The number of rotatable bonds is 0. The Balaban J connectivity index is 4.02. The quantitative estimate of drug-likeness (QED) is 0.354. The van der Waals surface area contributed by atoms with Crippen molar-refractivity contribution in [2.45, 2.75) is 18.9 Å². The topological polar surface area (TPSA) is 0 Å². The summed E-state index contributed by atoms with van der Waals surface area (Å²) in [6.07, 6.45) is 0. The molecule has 0 nitrogen and oxygen atoms in total. The molecular formula is C3H6F3ISi. The van der Waals surface area contributed by atoms with Crippen molar-refractivity contribution >= 4 is 27.4 Å². The van der Waals surface area contributed by atoms with Gasteiger partial charge in [-0.15, -0.1) is 21.8 Å². The molecule has 0 fully saturated rings. The lowest BCUT2D eigenvalue weighted by Crippen LogP contribution is -2.37. The molecule has 50 valence electrons. The van der Waals surface area contributed by atoms with Crippen molar-refractivity contribution < 1.29 is 13.2 Å². The van der Waals surface area contributed by atoms with Gasteiger partial charge in [0.1, 0.15) is 0 Å². The maximum absolute atomic E-state index is 11.6. The van der Waals surface area contributed by atoms with Crippen LogP contribution in [0.15, 0.2) is 0 Å². The van der Waals surface area contributed by atoms with Crippen LogP contribution in [0.3, 0.4) is 0 Å². The fourth-order valence-corrected chi connectivity index (χ4v) is 0. The number of hydrogen-bond acceptors (Lipinski definition) is 0. The van der Waals surface area contributed by atoms with Gasteiger partial charge in [0.15, 0.2) is 0 Å². The molecule has 0 aliphatic carbocycles. The van der Waals surface area contributed by atoms with Crippen molar-refractivity contribution in [3.8, 4) is 0 Å².